The molecule has 2 amide bonds. The summed E-state index contributed by atoms with van der Waals surface area (Å²) in [7, 11) is -2.79. The van der Waals surface area contributed by atoms with Crippen molar-refractivity contribution in [2.24, 2.45) is 5.73 Å². The zero-order valence-electron chi connectivity index (χ0n) is 16.8. The van der Waals surface area contributed by atoms with Crippen molar-refractivity contribution in [2.75, 3.05) is 11.4 Å². The molecule has 1 atom stereocenters. The summed E-state index contributed by atoms with van der Waals surface area (Å²) in [6.45, 7) is 0. The highest BCUT2D eigenvalue weighted by Crippen LogP contribution is 2.26. The second-order valence-corrected chi connectivity index (χ2v) is 9.19. The lowest BCUT2D eigenvalue weighted by Crippen LogP contribution is -2.37. The number of nitrogens with one attached hydrogen (secondary N) is 1. The molecule has 7 nitrogen and oxygen atoms in total. The van der Waals surface area contributed by atoms with Gasteiger partial charge in [0, 0.05) is 7.05 Å². The predicted molar refractivity (Wildman–Crippen MR) is 119 cm³/mol. The Kier molecular flexibility index (Phi) is 6.81. The molecule has 166 valence electrons. The maximum Gasteiger partial charge on any atom is 0.264 e. The number of rotatable bonds is 7. The molecule has 0 aliphatic rings. The summed E-state index contributed by atoms with van der Waals surface area (Å²) in [5.41, 5.74) is 5.97. The van der Waals surface area contributed by atoms with Gasteiger partial charge in [-0.25, -0.2) is 12.8 Å². The third-order valence-corrected chi connectivity index (χ3v) is 6.84. The Morgan fingerprint density at radius 1 is 1.03 bits per heavy atom. The van der Waals surface area contributed by atoms with Crippen molar-refractivity contribution in [1.82, 2.24) is 5.32 Å². The summed E-state index contributed by atoms with van der Waals surface area (Å²) < 4.78 is 40.2. The van der Waals surface area contributed by atoms with E-state index < -0.39 is 33.7 Å². The third kappa shape index (κ3) is 4.90. The molecule has 0 heterocycles. The number of amides is 2. The number of sulfonamides is 1. The van der Waals surface area contributed by atoms with Crippen LogP contribution < -0.4 is 15.4 Å². The van der Waals surface area contributed by atoms with Gasteiger partial charge >= 0.3 is 0 Å². The van der Waals surface area contributed by atoms with Gasteiger partial charge in [0.1, 0.15) is 11.9 Å². The van der Waals surface area contributed by atoms with Gasteiger partial charge in [0.2, 0.25) is 5.91 Å². The minimum atomic E-state index is -4.09. The molecule has 0 bridgehead atoms. The number of hydrogen-bond donors (Lipinski definition) is 2. The number of benzene rings is 3. The number of hydrogen-bond acceptors (Lipinski definition) is 4. The fraction of sp³-hybridized carbons (Fsp3) is 0.0909. The van der Waals surface area contributed by atoms with Crippen molar-refractivity contribution in [3.05, 3.63) is 94.8 Å². The Hall–Kier alpha value is -3.43. The summed E-state index contributed by atoms with van der Waals surface area (Å²) in [6, 6.07) is 15.7. The Morgan fingerprint density at radius 3 is 2.25 bits per heavy atom. The first-order chi connectivity index (χ1) is 15.1. The summed E-state index contributed by atoms with van der Waals surface area (Å²) >= 11 is 6.14. The van der Waals surface area contributed by atoms with Crippen LogP contribution in [0.1, 0.15) is 22.0 Å². The molecule has 32 heavy (non-hydrogen) atoms. The van der Waals surface area contributed by atoms with E-state index in [4.69, 9.17) is 17.3 Å². The molecule has 0 aliphatic carbocycles. The van der Waals surface area contributed by atoms with Crippen LogP contribution in [0.15, 0.2) is 77.7 Å². The average molecular weight is 476 g/mol. The van der Waals surface area contributed by atoms with E-state index >= 15 is 0 Å². The number of halogens is 2. The van der Waals surface area contributed by atoms with Gasteiger partial charge in [0.05, 0.1) is 21.2 Å². The lowest BCUT2D eigenvalue weighted by Gasteiger charge is -2.20. The molecular weight excluding hydrogens is 457 g/mol. The van der Waals surface area contributed by atoms with E-state index in [2.05, 4.69) is 5.32 Å². The molecule has 0 fully saturated rings. The van der Waals surface area contributed by atoms with Gasteiger partial charge in [0.25, 0.3) is 15.9 Å². The van der Waals surface area contributed by atoms with E-state index in [1.165, 1.54) is 31.3 Å². The molecule has 0 radical (unpaired) electrons. The van der Waals surface area contributed by atoms with Crippen LogP contribution in [0.5, 0.6) is 0 Å². The minimum Gasteiger partial charge on any atom is -0.368 e. The van der Waals surface area contributed by atoms with Gasteiger partial charge in [-0.05, 0) is 48.0 Å². The standard InChI is InChI=1S/C22H19ClFN3O4S/c1-27(16-9-7-15(24)8-10-16)32(30,31)17-11-12-19(23)18(13-17)22(29)26-20(21(25)28)14-5-3-2-4-6-14/h2-13,20H,1H3,(H2,25,28)(H,26,29). The third-order valence-electron chi connectivity index (χ3n) is 4.72. The molecular formula is C22H19ClFN3O4S. The van der Waals surface area contributed by atoms with Crippen LogP contribution in [0.4, 0.5) is 10.1 Å². The van der Waals surface area contributed by atoms with Crippen LogP contribution in [-0.4, -0.2) is 27.3 Å². The van der Waals surface area contributed by atoms with Crippen LogP contribution in [-0.2, 0) is 14.8 Å². The summed E-state index contributed by atoms with van der Waals surface area (Å²) in [4.78, 5) is 24.5. The molecule has 3 N–H and O–H groups in total. The van der Waals surface area contributed by atoms with Crippen LogP contribution in [0.3, 0.4) is 0 Å². The van der Waals surface area contributed by atoms with Crippen LogP contribution in [0, 0.1) is 5.82 Å². The molecule has 0 aliphatic heterocycles. The first-order valence-corrected chi connectivity index (χ1v) is 11.1. The highest BCUT2D eigenvalue weighted by atomic mass is 35.5. The van der Waals surface area contributed by atoms with Crippen molar-refractivity contribution < 1.29 is 22.4 Å². The van der Waals surface area contributed by atoms with E-state index in [9.17, 15) is 22.4 Å². The van der Waals surface area contributed by atoms with E-state index in [1.807, 2.05) is 0 Å². The largest absolute Gasteiger partial charge is 0.368 e. The lowest BCUT2D eigenvalue weighted by atomic mass is 10.1. The number of anilines is 1. The van der Waals surface area contributed by atoms with Gasteiger partial charge < -0.3 is 11.1 Å². The van der Waals surface area contributed by atoms with Gasteiger partial charge in [-0.3, -0.25) is 13.9 Å². The quantitative estimate of drug-likeness (QED) is 0.546. The molecule has 0 saturated heterocycles. The zero-order chi connectivity index (χ0) is 23.5. The van der Waals surface area contributed by atoms with Gasteiger partial charge in [-0.1, -0.05) is 41.9 Å². The average Bonchev–Trinajstić information content (AvgIpc) is 2.77. The summed E-state index contributed by atoms with van der Waals surface area (Å²) in [6.07, 6.45) is 0. The summed E-state index contributed by atoms with van der Waals surface area (Å²) in [5, 5.41) is 2.48. The molecule has 3 aromatic rings. The highest BCUT2D eigenvalue weighted by Gasteiger charge is 2.26. The van der Waals surface area contributed by atoms with E-state index in [0.29, 0.717) is 5.56 Å². The number of carbonyl (C=O) groups is 2. The Balaban J connectivity index is 1.93. The molecule has 0 aromatic heterocycles. The Bertz CT molecular complexity index is 1250. The smallest absolute Gasteiger partial charge is 0.264 e. The van der Waals surface area contributed by atoms with E-state index in [-0.39, 0.29) is 21.2 Å². The van der Waals surface area contributed by atoms with E-state index in [1.54, 1.807) is 30.3 Å². The monoisotopic (exact) mass is 475 g/mol. The first kappa shape index (κ1) is 23.2. The predicted octanol–water partition coefficient (Wildman–Crippen LogP) is 3.26. The van der Waals surface area contributed by atoms with Gasteiger partial charge in [0.15, 0.2) is 0 Å². The zero-order valence-corrected chi connectivity index (χ0v) is 18.4. The molecule has 0 spiro atoms. The maximum absolute atomic E-state index is 13.2. The Morgan fingerprint density at radius 2 is 1.66 bits per heavy atom. The SMILES string of the molecule is CN(c1ccc(F)cc1)S(=O)(=O)c1ccc(Cl)c(C(=O)NC(C(N)=O)c2ccccc2)c1. The van der Waals surface area contributed by atoms with Crippen molar-refractivity contribution in [3.63, 3.8) is 0 Å². The van der Waals surface area contributed by atoms with Crippen molar-refractivity contribution in [3.8, 4) is 0 Å². The minimum absolute atomic E-state index is 0.0119. The number of primary amides is 1. The maximum atomic E-state index is 13.2. The molecule has 3 aromatic carbocycles. The first-order valence-electron chi connectivity index (χ1n) is 9.30. The number of nitrogens with two attached hydrogens (primary N) is 1. The number of nitrogens with zero attached hydrogens (tertiary/aromatic N) is 1. The van der Waals surface area contributed by atoms with Crippen LogP contribution in [0.2, 0.25) is 5.02 Å². The fourth-order valence-electron chi connectivity index (χ4n) is 2.96. The normalized spacial score (nSPS) is 12.1. The van der Waals surface area contributed by atoms with Gasteiger partial charge in [-0.2, -0.15) is 0 Å². The second kappa shape index (κ2) is 9.37. The van der Waals surface area contributed by atoms with Crippen LogP contribution in [0.25, 0.3) is 0 Å². The number of carbonyl (C=O) groups excluding carboxylic acids is 2. The van der Waals surface area contributed by atoms with Crippen molar-refractivity contribution in [1.29, 1.82) is 0 Å². The lowest BCUT2D eigenvalue weighted by molar-refractivity contribution is -0.120. The fourth-order valence-corrected chi connectivity index (χ4v) is 4.39. The second-order valence-electron chi connectivity index (χ2n) is 6.81. The molecule has 0 saturated carbocycles. The van der Waals surface area contributed by atoms with Crippen molar-refractivity contribution >= 4 is 39.1 Å². The van der Waals surface area contributed by atoms with Crippen LogP contribution >= 0.6 is 11.6 Å². The summed E-state index contributed by atoms with van der Waals surface area (Å²) in [5.74, 6) is -2.07. The molecule has 3 rings (SSSR count). The van der Waals surface area contributed by atoms with Crippen molar-refractivity contribution in [2.45, 2.75) is 10.9 Å². The Labute approximate surface area is 189 Å². The van der Waals surface area contributed by atoms with E-state index in [0.717, 1.165) is 22.5 Å². The molecule has 1 unspecified atom stereocenters. The topological polar surface area (TPSA) is 110 Å². The van der Waals surface area contributed by atoms with Gasteiger partial charge in [-0.15, -0.1) is 0 Å². The molecule has 10 heteroatoms. The highest BCUT2D eigenvalue weighted by molar-refractivity contribution is 7.92.